The van der Waals surface area contributed by atoms with Gasteiger partial charge in [0, 0.05) is 50.9 Å². The second-order valence-electron chi connectivity index (χ2n) is 8.28. The zero-order valence-electron chi connectivity index (χ0n) is 18.1. The Kier molecular flexibility index (Phi) is 6.21. The fraction of sp³-hybridized carbons (Fsp3) is 0.333. The van der Waals surface area contributed by atoms with Gasteiger partial charge < -0.3 is 19.9 Å². The van der Waals surface area contributed by atoms with Gasteiger partial charge in [0.05, 0.1) is 10.8 Å². The third kappa shape index (κ3) is 4.98. The Labute approximate surface area is 196 Å². The largest absolute Gasteiger partial charge is 0.490 e. The number of carbonyl (C=O) groups is 2. The van der Waals surface area contributed by atoms with E-state index in [1.807, 2.05) is 63.7 Å². The van der Waals surface area contributed by atoms with Crippen molar-refractivity contribution in [3.05, 3.63) is 65.0 Å². The molecule has 8 nitrogen and oxygen atoms in total. The van der Waals surface area contributed by atoms with Crippen molar-refractivity contribution in [3.63, 3.8) is 0 Å². The number of thiophene rings is 1. The lowest BCUT2D eigenvalue weighted by Gasteiger charge is -2.38. The van der Waals surface area contributed by atoms with Crippen LogP contribution in [0.1, 0.15) is 22.5 Å². The molecule has 1 N–H and O–H groups in total. The summed E-state index contributed by atoms with van der Waals surface area (Å²) in [7, 11) is 0. The molecule has 0 aliphatic carbocycles. The first-order valence-electron chi connectivity index (χ1n) is 11.1. The molecule has 0 unspecified atom stereocenters. The summed E-state index contributed by atoms with van der Waals surface area (Å²) in [5.41, 5.74) is 0.752. The SMILES string of the molecule is O=C(Nc1ccc(OC2CCN(C(=O)c3cccs3)CC2)cc1)C1CN(c2cccnn2)C1. The van der Waals surface area contributed by atoms with Crippen LogP contribution < -0.4 is 15.0 Å². The number of rotatable bonds is 6. The van der Waals surface area contributed by atoms with Crippen molar-refractivity contribution in [3.8, 4) is 5.75 Å². The van der Waals surface area contributed by atoms with E-state index in [0.717, 1.165) is 35.0 Å². The standard InChI is InChI=1S/C24H25N5O3S/c30-23(17-15-29(16-17)22-4-1-11-25-27-22)26-18-5-7-19(8-6-18)32-20-9-12-28(13-10-20)24(31)21-3-2-14-33-21/h1-8,11,14,17,20H,9-10,12-13,15-16H2,(H,26,30). The van der Waals surface area contributed by atoms with Crippen molar-refractivity contribution < 1.29 is 14.3 Å². The van der Waals surface area contributed by atoms with Crippen LogP contribution in [0.25, 0.3) is 0 Å². The Morgan fingerprint density at radius 1 is 1.03 bits per heavy atom. The van der Waals surface area contributed by atoms with Gasteiger partial charge in [-0.25, -0.2) is 0 Å². The average molecular weight is 464 g/mol. The van der Waals surface area contributed by atoms with E-state index in [9.17, 15) is 9.59 Å². The first-order valence-corrected chi connectivity index (χ1v) is 12.0. The minimum absolute atomic E-state index is 0.00610. The van der Waals surface area contributed by atoms with Crippen molar-refractivity contribution in [2.75, 3.05) is 36.4 Å². The number of nitrogens with zero attached hydrogens (tertiary/aromatic N) is 4. The predicted octanol–water partition coefficient (Wildman–Crippen LogP) is 3.30. The highest BCUT2D eigenvalue weighted by Crippen LogP contribution is 2.25. The van der Waals surface area contributed by atoms with Crippen molar-refractivity contribution in [2.45, 2.75) is 18.9 Å². The van der Waals surface area contributed by atoms with Gasteiger partial charge >= 0.3 is 0 Å². The summed E-state index contributed by atoms with van der Waals surface area (Å²) in [5, 5.41) is 12.9. The van der Waals surface area contributed by atoms with Crippen LogP contribution in [0.4, 0.5) is 11.5 Å². The molecule has 2 saturated heterocycles. The lowest BCUT2D eigenvalue weighted by atomic mass is 9.99. The van der Waals surface area contributed by atoms with Crippen LogP contribution in [-0.4, -0.2) is 59.2 Å². The number of nitrogens with one attached hydrogen (secondary N) is 1. The second kappa shape index (κ2) is 9.58. The zero-order valence-corrected chi connectivity index (χ0v) is 18.9. The van der Waals surface area contributed by atoms with Crippen LogP contribution in [0.15, 0.2) is 60.1 Å². The fourth-order valence-corrected chi connectivity index (χ4v) is 4.77. The third-order valence-electron chi connectivity index (χ3n) is 6.02. The summed E-state index contributed by atoms with van der Waals surface area (Å²) in [4.78, 5) is 29.7. The molecule has 2 aromatic heterocycles. The number of aromatic nitrogens is 2. The highest BCUT2D eigenvalue weighted by Gasteiger charge is 2.33. The predicted molar refractivity (Wildman–Crippen MR) is 127 cm³/mol. The molecule has 0 saturated carbocycles. The number of amides is 2. The minimum atomic E-state index is -0.0648. The van der Waals surface area contributed by atoms with Gasteiger partial charge in [0.15, 0.2) is 5.82 Å². The van der Waals surface area contributed by atoms with E-state index < -0.39 is 0 Å². The van der Waals surface area contributed by atoms with E-state index >= 15 is 0 Å². The third-order valence-corrected chi connectivity index (χ3v) is 6.88. The Morgan fingerprint density at radius 2 is 1.82 bits per heavy atom. The number of carbonyl (C=O) groups excluding carboxylic acids is 2. The molecular weight excluding hydrogens is 438 g/mol. The first kappa shape index (κ1) is 21.4. The summed E-state index contributed by atoms with van der Waals surface area (Å²) in [6.07, 6.45) is 3.33. The number of hydrogen-bond donors (Lipinski definition) is 1. The quantitative estimate of drug-likeness (QED) is 0.604. The van der Waals surface area contributed by atoms with E-state index in [-0.39, 0.29) is 23.8 Å². The maximum absolute atomic E-state index is 12.5. The molecule has 0 bridgehead atoms. The highest BCUT2D eigenvalue weighted by molar-refractivity contribution is 7.12. The van der Waals surface area contributed by atoms with E-state index in [4.69, 9.17) is 4.74 Å². The number of likely N-dealkylation sites (tertiary alicyclic amines) is 1. The Balaban J connectivity index is 1.06. The summed E-state index contributed by atoms with van der Waals surface area (Å²) in [5.74, 6) is 1.62. The Bertz CT molecular complexity index is 1080. The smallest absolute Gasteiger partial charge is 0.263 e. The van der Waals surface area contributed by atoms with E-state index in [1.165, 1.54) is 11.3 Å². The molecule has 0 radical (unpaired) electrons. The first-order chi connectivity index (χ1) is 16.2. The molecule has 4 heterocycles. The molecule has 0 atom stereocenters. The molecule has 2 fully saturated rings. The van der Waals surface area contributed by atoms with Crippen molar-refractivity contribution in [2.24, 2.45) is 5.92 Å². The number of hydrogen-bond acceptors (Lipinski definition) is 7. The Morgan fingerprint density at radius 3 is 2.48 bits per heavy atom. The second-order valence-corrected chi connectivity index (χ2v) is 9.23. The minimum Gasteiger partial charge on any atom is -0.490 e. The van der Waals surface area contributed by atoms with Crippen LogP contribution in [0, 0.1) is 5.92 Å². The van der Waals surface area contributed by atoms with Gasteiger partial charge in [-0.2, -0.15) is 5.10 Å². The number of piperidine rings is 1. The molecule has 1 aromatic carbocycles. The van der Waals surface area contributed by atoms with E-state index in [0.29, 0.717) is 26.2 Å². The molecule has 170 valence electrons. The Hall–Kier alpha value is -3.46. The van der Waals surface area contributed by atoms with Crippen LogP contribution in [-0.2, 0) is 4.79 Å². The lowest BCUT2D eigenvalue weighted by molar-refractivity contribution is -0.120. The summed E-state index contributed by atoms with van der Waals surface area (Å²) < 4.78 is 6.11. The average Bonchev–Trinajstić information content (AvgIpc) is 3.35. The van der Waals surface area contributed by atoms with E-state index in [1.54, 1.807) is 6.20 Å². The lowest BCUT2D eigenvalue weighted by Crippen LogP contribution is -2.52. The number of benzene rings is 1. The van der Waals surface area contributed by atoms with Gasteiger partial charge in [0.2, 0.25) is 5.91 Å². The van der Waals surface area contributed by atoms with Crippen LogP contribution in [0.5, 0.6) is 5.75 Å². The molecule has 2 amide bonds. The van der Waals surface area contributed by atoms with E-state index in [2.05, 4.69) is 15.5 Å². The molecule has 33 heavy (non-hydrogen) atoms. The molecular formula is C24H25N5O3S. The van der Waals surface area contributed by atoms with Crippen LogP contribution >= 0.6 is 11.3 Å². The van der Waals surface area contributed by atoms with Gasteiger partial charge in [0.25, 0.3) is 5.91 Å². The molecule has 5 rings (SSSR count). The molecule has 9 heteroatoms. The maximum Gasteiger partial charge on any atom is 0.263 e. The summed E-state index contributed by atoms with van der Waals surface area (Å²) in [6.45, 7) is 2.67. The molecule has 2 aliphatic heterocycles. The number of ether oxygens (including phenoxy) is 1. The monoisotopic (exact) mass is 463 g/mol. The topological polar surface area (TPSA) is 87.7 Å². The maximum atomic E-state index is 12.5. The summed E-state index contributed by atoms with van der Waals surface area (Å²) in [6, 6.07) is 15.0. The van der Waals surface area contributed by atoms with Crippen LogP contribution in [0.3, 0.4) is 0 Å². The normalized spacial score (nSPS) is 16.8. The van der Waals surface area contributed by atoms with Crippen molar-refractivity contribution >= 4 is 34.7 Å². The highest BCUT2D eigenvalue weighted by atomic mass is 32.1. The van der Waals surface area contributed by atoms with Gasteiger partial charge in [-0.1, -0.05) is 6.07 Å². The molecule has 3 aromatic rings. The molecule has 0 spiro atoms. The molecule has 2 aliphatic rings. The number of anilines is 2. The summed E-state index contributed by atoms with van der Waals surface area (Å²) >= 11 is 1.48. The fourth-order valence-electron chi connectivity index (χ4n) is 4.08. The van der Waals surface area contributed by atoms with Crippen molar-refractivity contribution in [1.29, 1.82) is 0 Å². The van der Waals surface area contributed by atoms with Gasteiger partial charge in [0.1, 0.15) is 11.9 Å². The zero-order chi connectivity index (χ0) is 22.6. The van der Waals surface area contributed by atoms with Crippen molar-refractivity contribution in [1.82, 2.24) is 15.1 Å². The van der Waals surface area contributed by atoms with Crippen LogP contribution in [0.2, 0.25) is 0 Å². The van der Waals surface area contributed by atoms with Gasteiger partial charge in [-0.3, -0.25) is 9.59 Å². The van der Waals surface area contributed by atoms with Gasteiger partial charge in [-0.05, 0) is 47.8 Å². The van der Waals surface area contributed by atoms with Gasteiger partial charge in [-0.15, -0.1) is 16.4 Å².